The standard InChI is InChI=1S/C20H30N2O/c1-3-5-9-14(4-2)20(23)22-19-15-10-6-7-12-17(15)21-18-13-8-11-16(18)19/h14H,3-13H2,1-2H3,(H,21,22,23). The van der Waals surface area contributed by atoms with Crippen molar-refractivity contribution in [3.8, 4) is 0 Å². The van der Waals surface area contributed by atoms with E-state index in [4.69, 9.17) is 4.98 Å². The van der Waals surface area contributed by atoms with Crippen molar-refractivity contribution >= 4 is 11.6 Å². The number of pyridine rings is 1. The fraction of sp³-hybridized carbons (Fsp3) is 0.700. The molecule has 3 heteroatoms. The summed E-state index contributed by atoms with van der Waals surface area (Å²) >= 11 is 0. The van der Waals surface area contributed by atoms with Gasteiger partial charge in [0.2, 0.25) is 5.91 Å². The van der Waals surface area contributed by atoms with Crippen molar-refractivity contribution in [2.75, 3.05) is 5.32 Å². The summed E-state index contributed by atoms with van der Waals surface area (Å²) in [5.74, 6) is 0.383. The summed E-state index contributed by atoms with van der Waals surface area (Å²) in [5, 5.41) is 3.35. The van der Waals surface area contributed by atoms with Crippen LogP contribution in [0.25, 0.3) is 0 Å². The molecule has 126 valence electrons. The van der Waals surface area contributed by atoms with E-state index in [0.717, 1.165) is 57.1 Å². The van der Waals surface area contributed by atoms with Crippen molar-refractivity contribution in [2.24, 2.45) is 5.92 Å². The second-order valence-corrected chi connectivity index (χ2v) is 7.13. The van der Waals surface area contributed by atoms with E-state index in [1.807, 2.05) is 0 Å². The molecule has 0 saturated heterocycles. The number of hydrogen-bond acceptors (Lipinski definition) is 2. The van der Waals surface area contributed by atoms with Gasteiger partial charge in [0.25, 0.3) is 0 Å². The molecule has 1 aromatic rings. The monoisotopic (exact) mass is 314 g/mol. The Bertz CT molecular complexity index is 579. The molecule has 1 aromatic heterocycles. The minimum atomic E-state index is 0.152. The molecule has 2 aliphatic rings. The van der Waals surface area contributed by atoms with Gasteiger partial charge >= 0.3 is 0 Å². The number of nitrogens with one attached hydrogen (secondary N) is 1. The van der Waals surface area contributed by atoms with E-state index in [1.54, 1.807) is 0 Å². The van der Waals surface area contributed by atoms with Crippen molar-refractivity contribution in [1.29, 1.82) is 0 Å². The number of hydrogen-bond donors (Lipinski definition) is 1. The van der Waals surface area contributed by atoms with Crippen molar-refractivity contribution in [3.05, 3.63) is 22.5 Å². The van der Waals surface area contributed by atoms with Gasteiger partial charge in [-0.1, -0.05) is 26.7 Å². The number of anilines is 1. The van der Waals surface area contributed by atoms with Gasteiger partial charge < -0.3 is 5.32 Å². The van der Waals surface area contributed by atoms with E-state index in [1.165, 1.54) is 41.8 Å². The molecular formula is C20H30N2O. The van der Waals surface area contributed by atoms with Crippen molar-refractivity contribution < 1.29 is 4.79 Å². The lowest BCUT2D eigenvalue weighted by Gasteiger charge is -2.24. The number of amides is 1. The Labute approximate surface area is 140 Å². The van der Waals surface area contributed by atoms with Gasteiger partial charge in [-0.25, -0.2) is 0 Å². The van der Waals surface area contributed by atoms with Crippen LogP contribution in [0.2, 0.25) is 0 Å². The van der Waals surface area contributed by atoms with Crippen LogP contribution in [-0.4, -0.2) is 10.9 Å². The molecule has 23 heavy (non-hydrogen) atoms. The van der Waals surface area contributed by atoms with Crippen LogP contribution in [0.1, 0.15) is 81.3 Å². The summed E-state index contributed by atoms with van der Waals surface area (Å²) in [7, 11) is 0. The van der Waals surface area contributed by atoms with E-state index in [-0.39, 0.29) is 11.8 Å². The topological polar surface area (TPSA) is 42.0 Å². The minimum Gasteiger partial charge on any atom is -0.325 e. The van der Waals surface area contributed by atoms with Crippen molar-refractivity contribution in [2.45, 2.75) is 84.5 Å². The molecule has 1 heterocycles. The first-order valence-corrected chi connectivity index (χ1v) is 9.58. The molecule has 2 aliphatic carbocycles. The molecule has 3 nitrogen and oxygen atoms in total. The summed E-state index contributed by atoms with van der Waals surface area (Å²) < 4.78 is 0. The summed E-state index contributed by atoms with van der Waals surface area (Å²) in [6.07, 6.45) is 12.2. The van der Waals surface area contributed by atoms with E-state index in [2.05, 4.69) is 19.2 Å². The van der Waals surface area contributed by atoms with Crippen LogP contribution in [-0.2, 0) is 30.5 Å². The smallest absolute Gasteiger partial charge is 0.227 e. The molecule has 0 bridgehead atoms. The third kappa shape index (κ3) is 3.44. The Balaban J connectivity index is 1.87. The lowest BCUT2D eigenvalue weighted by molar-refractivity contribution is -0.120. The van der Waals surface area contributed by atoms with Gasteiger partial charge in [-0.2, -0.15) is 0 Å². The van der Waals surface area contributed by atoms with Crippen LogP contribution in [0.4, 0.5) is 5.69 Å². The normalized spacial score (nSPS) is 17.5. The predicted octanol–water partition coefficient (Wildman–Crippen LogP) is 4.60. The fourth-order valence-corrected chi connectivity index (χ4v) is 4.09. The van der Waals surface area contributed by atoms with Gasteiger partial charge in [-0.15, -0.1) is 0 Å². The highest BCUT2D eigenvalue weighted by atomic mass is 16.1. The molecule has 1 N–H and O–H groups in total. The quantitative estimate of drug-likeness (QED) is 0.833. The lowest BCUT2D eigenvalue weighted by Crippen LogP contribution is -2.25. The van der Waals surface area contributed by atoms with Gasteiger partial charge in [0.1, 0.15) is 0 Å². The molecule has 1 atom stereocenters. The maximum Gasteiger partial charge on any atom is 0.227 e. The zero-order chi connectivity index (χ0) is 16.2. The van der Waals surface area contributed by atoms with E-state index < -0.39 is 0 Å². The van der Waals surface area contributed by atoms with Crippen LogP contribution in [0.3, 0.4) is 0 Å². The largest absolute Gasteiger partial charge is 0.325 e. The number of fused-ring (bicyclic) bond motifs is 2. The second-order valence-electron chi connectivity index (χ2n) is 7.13. The van der Waals surface area contributed by atoms with E-state index in [0.29, 0.717) is 0 Å². The van der Waals surface area contributed by atoms with Crippen LogP contribution < -0.4 is 5.32 Å². The molecule has 1 amide bonds. The molecule has 3 rings (SSSR count). The highest BCUT2D eigenvalue weighted by Gasteiger charge is 2.26. The first-order chi connectivity index (χ1) is 11.2. The molecule has 1 unspecified atom stereocenters. The van der Waals surface area contributed by atoms with Gasteiger partial charge in [0, 0.05) is 17.3 Å². The Morgan fingerprint density at radius 1 is 1.04 bits per heavy atom. The zero-order valence-corrected chi connectivity index (χ0v) is 14.7. The highest BCUT2D eigenvalue weighted by Crippen LogP contribution is 2.36. The number of carbonyl (C=O) groups excluding carboxylic acids is 1. The average molecular weight is 314 g/mol. The highest BCUT2D eigenvalue weighted by molar-refractivity contribution is 5.94. The lowest BCUT2D eigenvalue weighted by atomic mass is 9.91. The molecule has 0 fully saturated rings. The summed E-state index contributed by atoms with van der Waals surface area (Å²) in [6, 6.07) is 0. The number of carbonyl (C=O) groups is 1. The Morgan fingerprint density at radius 2 is 1.70 bits per heavy atom. The van der Waals surface area contributed by atoms with Gasteiger partial charge in [0.15, 0.2) is 0 Å². The van der Waals surface area contributed by atoms with Crippen LogP contribution in [0.15, 0.2) is 0 Å². The molecule has 0 radical (unpaired) electrons. The number of aryl methyl sites for hydroxylation is 2. The summed E-state index contributed by atoms with van der Waals surface area (Å²) in [4.78, 5) is 17.7. The average Bonchev–Trinajstić information content (AvgIpc) is 3.03. The summed E-state index contributed by atoms with van der Waals surface area (Å²) in [5.41, 5.74) is 6.35. The molecular weight excluding hydrogens is 284 g/mol. The SMILES string of the molecule is CCCCC(CC)C(=O)Nc1c2c(nc3c1CCC3)CCCC2. The predicted molar refractivity (Wildman–Crippen MR) is 94.8 cm³/mol. The first kappa shape index (κ1) is 16.5. The zero-order valence-electron chi connectivity index (χ0n) is 14.7. The molecule has 0 aliphatic heterocycles. The van der Waals surface area contributed by atoms with E-state index in [9.17, 15) is 4.79 Å². The number of aromatic nitrogens is 1. The van der Waals surface area contributed by atoms with Gasteiger partial charge in [-0.3, -0.25) is 9.78 Å². The van der Waals surface area contributed by atoms with Crippen molar-refractivity contribution in [1.82, 2.24) is 4.98 Å². The first-order valence-electron chi connectivity index (χ1n) is 9.58. The molecule has 0 saturated carbocycles. The van der Waals surface area contributed by atoms with Gasteiger partial charge in [-0.05, 0) is 68.9 Å². The Hall–Kier alpha value is -1.38. The molecule has 0 spiro atoms. The Morgan fingerprint density at radius 3 is 2.39 bits per heavy atom. The van der Waals surface area contributed by atoms with Crippen LogP contribution >= 0.6 is 0 Å². The van der Waals surface area contributed by atoms with E-state index >= 15 is 0 Å². The third-order valence-corrected chi connectivity index (χ3v) is 5.52. The fourth-order valence-electron chi connectivity index (χ4n) is 4.09. The summed E-state index contributed by atoms with van der Waals surface area (Å²) in [6.45, 7) is 4.32. The molecule has 0 aromatic carbocycles. The van der Waals surface area contributed by atoms with Gasteiger partial charge in [0.05, 0.1) is 5.69 Å². The van der Waals surface area contributed by atoms with Crippen molar-refractivity contribution in [3.63, 3.8) is 0 Å². The minimum absolute atomic E-state index is 0.152. The van der Waals surface area contributed by atoms with Crippen LogP contribution in [0, 0.1) is 5.92 Å². The number of unbranched alkanes of at least 4 members (excludes halogenated alkanes) is 1. The Kier molecular flexibility index (Phi) is 5.34. The number of rotatable bonds is 6. The number of nitrogens with zero attached hydrogens (tertiary/aromatic N) is 1. The second kappa shape index (κ2) is 7.46. The van der Waals surface area contributed by atoms with Crippen LogP contribution in [0.5, 0.6) is 0 Å². The maximum atomic E-state index is 12.8. The third-order valence-electron chi connectivity index (χ3n) is 5.52. The maximum absolute atomic E-state index is 12.8.